The summed E-state index contributed by atoms with van der Waals surface area (Å²) in [6, 6.07) is 15.3. The number of fused-ring (bicyclic) bond motifs is 2. The maximum absolute atomic E-state index is 12.5. The summed E-state index contributed by atoms with van der Waals surface area (Å²) in [7, 11) is 1.74. The minimum Gasteiger partial charge on any atom is -0.497 e. The molecule has 2 heterocycles. The van der Waals surface area contributed by atoms with Gasteiger partial charge in [0.25, 0.3) is 0 Å². The van der Waals surface area contributed by atoms with Gasteiger partial charge in [-0.1, -0.05) is 18.2 Å². The molecule has 0 spiro atoms. The van der Waals surface area contributed by atoms with Gasteiger partial charge in [0, 0.05) is 25.2 Å². The second-order valence-electron chi connectivity index (χ2n) is 8.06. The third kappa shape index (κ3) is 2.94. The highest BCUT2D eigenvalue weighted by Gasteiger charge is 2.31. The SMILES string of the molecule is COc1ccc2c(c1)C(N1CCC(n3c(=O)[nH]c4ccccc43)CC1)CCC2. The fourth-order valence-electron chi connectivity index (χ4n) is 5.15. The summed E-state index contributed by atoms with van der Waals surface area (Å²) >= 11 is 0. The molecule has 0 radical (unpaired) electrons. The number of para-hydroxylation sites is 2. The zero-order chi connectivity index (χ0) is 19.1. The van der Waals surface area contributed by atoms with Crippen molar-refractivity contribution in [2.24, 2.45) is 0 Å². The van der Waals surface area contributed by atoms with Gasteiger partial charge in [0.1, 0.15) is 5.75 Å². The number of rotatable bonds is 3. The maximum atomic E-state index is 12.5. The number of hydrogen-bond acceptors (Lipinski definition) is 3. The summed E-state index contributed by atoms with van der Waals surface area (Å²) in [5, 5.41) is 0. The van der Waals surface area contributed by atoms with Crippen LogP contribution in [0.3, 0.4) is 0 Å². The summed E-state index contributed by atoms with van der Waals surface area (Å²) in [6.45, 7) is 2.05. The summed E-state index contributed by atoms with van der Waals surface area (Å²) in [4.78, 5) is 18.2. The molecule has 1 aliphatic heterocycles. The van der Waals surface area contributed by atoms with Crippen molar-refractivity contribution in [3.8, 4) is 5.75 Å². The highest BCUT2D eigenvalue weighted by atomic mass is 16.5. The molecule has 5 nitrogen and oxygen atoms in total. The highest BCUT2D eigenvalue weighted by molar-refractivity contribution is 5.75. The Bertz CT molecular complexity index is 1040. The number of nitrogens with zero attached hydrogens (tertiary/aromatic N) is 2. The number of aryl methyl sites for hydroxylation is 1. The Morgan fingerprint density at radius 2 is 1.89 bits per heavy atom. The van der Waals surface area contributed by atoms with Gasteiger partial charge in [-0.2, -0.15) is 0 Å². The van der Waals surface area contributed by atoms with Gasteiger partial charge in [-0.3, -0.25) is 9.47 Å². The van der Waals surface area contributed by atoms with Gasteiger partial charge < -0.3 is 9.72 Å². The third-order valence-electron chi connectivity index (χ3n) is 6.56. The molecule has 1 aromatic heterocycles. The molecular weight excluding hydrogens is 350 g/mol. The Balaban J connectivity index is 1.37. The van der Waals surface area contributed by atoms with Gasteiger partial charge in [0.05, 0.1) is 18.1 Å². The second kappa shape index (κ2) is 7.13. The van der Waals surface area contributed by atoms with E-state index in [1.165, 1.54) is 24.0 Å². The van der Waals surface area contributed by atoms with Crippen molar-refractivity contribution in [3.05, 3.63) is 64.1 Å². The number of hydrogen-bond donors (Lipinski definition) is 1. The standard InChI is InChI=1S/C23H27N3O2/c1-28-18-10-9-16-5-4-8-21(19(16)15-18)25-13-11-17(12-14-25)26-22-7-3-2-6-20(22)24-23(26)27/h2-3,6-7,9-10,15,17,21H,4-5,8,11-14H2,1H3,(H,24,27). The minimum absolute atomic E-state index is 0.0207. The van der Waals surface area contributed by atoms with Gasteiger partial charge in [-0.05, 0) is 67.5 Å². The van der Waals surface area contributed by atoms with Crippen LogP contribution < -0.4 is 10.4 Å². The Labute approximate surface area is 164 Å². The molecule has 1 atom stereocenters. The van der Waals surface area contributed by atoms with Crippen LogP contribution in [-0.2, 0) is 6.42 Å². The smallest absolute Gasteiger partial charge is 0.326 e. The van der Waals surface area contributed by atoms with E-state index < -0.39 is 0 Å². The van der Waals surface area contributed by atoms with E-state index in [9.17, 15) is 4.79 Å². The molecule has 0 bridgehead atoms. The number of nitrogens with one attached hydrogen (secondary N) is 1. The zero-order valence-electron chi connectivity index (χ0n) is 16.4. The van der Waals surface area contributed by atoms with Crippen LogP contribution in [0.5, 0.6) is 5.75 Å². The van der Waals surface area contributed by atoms with E-state index in [0.717, 1.165) is 49.1 Å². The first-order valence-electron chi connectivity index (χ1n) is 10.3. The zero-order valence-corrected chi connectivity index (χ0v) is 16.4. The predicted octanol–water partition coefficient (Wildman–Crippen LogP) is 4.05. The molecule has 1 aliphatic carbocycles. The molecule has 1 fully saturated rings. The van der Waals surface area contributed by atoms with Crippen molar-refractivity contribution in [3.63, 3.8) is 0 Å². The van der Waals surface area contributed by atoms with Crippen molar-refractivity contribution < 1.29 is 4.74 Å². The van der Waals surface area contributed by atoms with E-state index in [2.05, 4.69) is 28.1 Å². The first-order chi connectivity index (χ1) is 13.7. The van der Waals surface area contributed by atoms with Crippen LogP contribution in [0.2, 0.25) is 0 Å². The van der Waals surface area contributed by atoms with E-state index in [1.807, 2.05) is 28.8 Å². The molecule has 5 heteroatoms. The molecule has 2 aromatic carbocycles. The first-order valence-corrected chi connectivity index (χ1v) is 10.3. The molecule has 146 valence electrons. The van der Waals surface area contributed by atoms with E-state index in [0.29, 0.717) is 6.04 Å². The lowest BCUT2D eigenvalue weighted by Crippen LogP contribution is -2.40. The molecule has 5 rings (SSSR count). The van der Waals surface area contributed by atoms with Crippen molar-refractivity contribution in [1.29, 1.82) is 0 Å². The van der Waals surface area contributed by atoms with Crippen molar-refractivity contribution in [1.82, 2.24) is 14.5 Å². The maximum Gasteiger partial charge on any atom is 0.326 e. The van der Waals surface area contributed by atoms with Crippen LogP contribution in [0.4, 0.5) is 0 Å². The highest BCUT2D eigenvalue weighted by Crippen LogP contribution is 2.38. The van der Waals surface area contributed by atoms with E-state index in [4.69, 9.17) is 4.74 Å². The van der Waals surface area contributed by atoms with E-state index >= 15 is 0 Å². The Hall–Kier alpha value is -2.53. The number of benzene rings is 2. The van der Waals surface area contributed by atoms with Gasteiger partial charge in [-0.15, -0.1) is 0 Å². The number of imidazole rings is 1. The molecule has 1 unspecified atom stereocenters. The number of aromatic nitrogens is 2. The van der Waals surface area contributed by atoms with Crippen molar-refractivity contribution >= 4 is 11.0 Å². The predicted molar refractivity (Wildman–Crippen MR) is 111 cm³/mol. The van der Waals surface area contributed by atoms with E-state index in [-0.39, 0.29) is 11.7 Å². The number of H-pyrrole nitrogens is 1. The van der Waals surface area contributed by atoms with Crippen LogP contribution in [0.1, 0.15) is 48.9 Å². The third-order valence-corrected chi connectivity index (χ3v) is 6.56. The van der Waals surface area contributed by atoms with Gasteiger partial charge in [-0.25, -0.2) is 4.79 Å². The number of methoxy groups -OCH3 is 1. The van der Waals surface area contributed by atoms with Crippen LogP contribution in [-0.4, -0.2) is 34.7 Å². The second-order valence-corrected chi connectivity index (χ2v) is 8.06. The molecule has 3 aromatic rings. The number of piperidine rings is 1. The first kappa shape index (κ1) is 17.6. The number of aromatic amines is 1. The Morgan fingerprint density at radius 1 is 1.07 bits per heavy atom. The quantitative estimate of drug-likeness (QED) is 0.749. The molecule has 1 saturated heterocycles. The summed E-state index contributed by atoms with van der Waals surface area (Å²) in [5.74, 6) is 0.950. The van der Waals surface area contributed by atoms with Crippen LogP contribution in [0, 0.1) is 0 Å². The average Bonchev–Trinajstić information content (AvgIpc) is 3.08. The van der Waals surface area contributed by atoms with Gasteiger partial charge in [0.15, 0.2) is 0 Å². The number of likely N-dealkylation sites (tertiary alicyclic amines) is 1. The van der Waals surface area contributed by atoms with E-state index in [1.54, 1.807) is 7.11 Å². The summed E-state index contributed by atoms with van der Waals surface area (Å²) in [5.41, 5.74) is 4.88. The van der Waals surface area contributed by atoms with Crippen molar-refractivity contribution in [2.75, 3.05) is 20.2 Å². The van der Waals surface area contributed by atoms with Crippen molar-refractivity contribution in [2.45, 2.75) is 44.2 Å². The molecule has 28 heavy (non-hydrogen) atoms. The van der Waals surface area contributed by atoms with Gasteiger partial charge >= 0.3 is 5.69 Å². The Morgan fingerprint density at radius 3 is 2.71 bits per heavy atom. The molecule has 0 amide bonds. The summed E-state index contributed by atoms with van der Waals surface area (Å²) < 4.78 is 7.45. The molecular formula is C23H27N3O2. The van der Waals surface area contributed by atoms with Gasteiger partial charge in [0.2, 0.25) is 0 Å². The van der Waals surface area contributed by atoms with Crippen LogP contribution in [0.25, 0.3) is 11.0 Å². The largest absolute Gasteiger partial charge is 0.497 e. The lowest BCUT2D eigenvalue weighted by Gasteiger charge is -2.40. The Kier molecular flexibility index (Phi) is 4.47. The monoisotopic (exact) mass is 377 g/mol. The fraction of sp³-hybridized carbons (Fsp3) is 0.435. The normalized spacial score (nSPS) is 21.0. The molecule has 1 N–H and O–H groups in total. The fourth-order valence-corrected chi connectivity index (χ4v) is 5.15. The molecule has 2 aliphatic rings. The molecule has 0 saturated carbocycles. The topological polar surface area (TPSA) is 50.3 Å². The number of ether oxygens (including phenoxy) is 1. The lowest BCUT2D eigenvalue weighted by molar-refractivity contribution is 0.123. The minimum atomic E-state index is 0.0207. The lowest BCUT2D eigenvalue weighted by atomic mass is 9.85. The van der Waals surface area contributed by atoms with Crippen LogP contribution >= 0.6 is 0 Å². The average molecular weight is 377 g/mol. The summed E-state index contributed by atoms with van der Waals surface area (Å²) in [6.07, 6.45) is 5.63. The van der Waals surface area contributed by atoms with Crippen LogP contribution in [0.15, 0.2) is 47.3 Å².